The first kappa shape index (κ1) is 23.1. The predicted molar refractivity (Wildman–Crippen MR) is 91.7 cm³/mol. The molecule has 0 amide bonds. The highest BCUT2D eigenvalue weighted by atomic mass is 35.5. The highest BCUT2D eigenvalue weighted by Crippen LogP contribution is 2.30. The van der Waals surface area contributed by atoms with E-state index in [1.165, 1.54) is 6.92 Å². The van der Waals surface area contributed by atoms with Gasteiger partial charge in [0.25, 0.3) is 5.56 Å². The van der Waals surface area contributed by atoms with E-state index in [1.807, 2.05) is 0 Å². The number of ether oxygens (including phenoxy) is 1. The Bertz CT molecular complexity index is 1140. The van der Waals surface area contributed by atoms with Crippen molar-refractivity contribution in [1.82, 2.24) is 9.13 Å². The minimum atomic E-state index is -5.01. The van der Waals surface area contributed by atoms with Gasteiger partial charge < -0.3 is 14.6 Å². The third kappa shape index (κ3) is 4.70. The molecule has 0 spiro atoms. The number of alkyl halides is 3. The van der Waals surface area contributed by atoms with Crippen molar-refractivity contribution >= 4 is 23.5 Å². The van der Waals surface area contributed by atoms with Crippen LogP contribution in [0.5, 0.6) is 5.75 Å². The number of benzene rings is 1. The SMILES string of the molecule is CC(CC(=O)[O-])C(=O)Oc1cc(-n2c(=O)cc(C(F)(F)F)n(C)c2=O)c(F)cc1Cl. The second kappa shape index (κ2) is 8.30. The number of carbonyl (C=O) groups excluding carboxylic acids is 2. The van der Waals surface area contributed by atoms with Gasteiger partial charge in [0.1, 0.15) is 11.5 Å². The highest BCUT2D eigenvalue weighted by molar-refractivity contribution is 6.32. The molecule has 162 valence electrons. The van der Waals surface area contributed by atoms with Crippen LogP contribution in [0, 0.1) is 11.7 Å². The molecule has 0 bridgehead atoms. The monoisotopic (exact) mass is 451 g/mol. The Balaban J connectivity index is 2.60. The maximum Gasteiger partial charge on any atom is 0.431 e. The fourth-order valence-corrected chi connectivity index (χ4v) is 2.62. The van der Waals surface area contributed by atoms with E-state index in [1.54, 1.807) is 0 Å². The average molecular weight is 452 g/mol. The lowest BCUT2D eigenvalue weighted by Gasteiger charge is -2.16. The van der Waals surface area contributed by atoms with Crippen molar-refractivity contribution in [2.75, 3.05) is 0 Å². The first-order chi connectivity index (χ1) is 13.7. The van der Waals surface area contributed by atoms with Gasteiger partial charge in [-0.3, -0.25) is 14.2 Å². The molecule has 13 heteroatoms. The molecule has 0 aliphatic rings. The van der Waals surface area contributed by atoms with Crippen molar-refractivity contribution in [1.29, 1.82) is 0 Å². The van der Waals surface area contributed by atoms with Crippen LogP contribution in [0.2, 0.25) is 5.02 Å². The van der Waals surface area contributed by atoms with Gasteiger partial charge in [-0.2, -0.15) is 13.2 Å². The lowest BCUT2D eigenvalue weighted by atomic mass is 10.1. The van der Waals surface area contributed by atoms with Crippen LogP contribution >= 0.6 is 11.6 Å². The molecule has 2 aromatic rings. The molecule has 30 heavy (non-hydrogen) atoms. The van der Waals surface area contributed by atoms with Crippen LogP contribution in [0.25, 0.3) is 5.69 Å². The van der Waals surface area contributed by atoms with Gasteiger partial charge in [0.2, 0.25) is 0 Å². The molecule has 8 nitrogen and oxygen atoms in total. The van der Waals surface area contributed by atoms with E-state index in [0.29, 0.717) is 12.1 Å². The number of halogens is 5. The Morgan fingerprint density at radius 1 is 1.23 bits per heavy atom. The van der Waals surface area contributed by atoms with Crippen molar-refractivity contribution in [2.45, 2.75) is 19.5 Å². The molecule has 1 unspecified atom stereocenters. The summed E-state index contributed by atoms with van der Waals surface area (Å²) in [5, 5.41) is 10.1. The summed E-state index contributed by atoms with van der Waals surface area (Å²) in [7, 11) is 0.734. The molecule has 1 aromatic carbocycles. The third-order valence-electron chi connectivity index (χ3n) is 3.94. The Morgan fingerprint density at radius 2 is 1.83 bits per heavy atom. The number of nitrogens with zero attached hydrogens (tertiary/aromatic N) is 2. The zero-order valence-corrected chi connectivity index (χ0v) is 16.0. The first-order valence-corrected chi connectivity index (χ1v) is 8.43. The second-order valence-corrected chi connectivity index (χ2v) is 6.58. The molecule has 0 aliphatic carbocycles. The minimum Gasteiger partial charge on any atom is -0.550 e. The number of rotatable bonds is 5. The van der Waals surface area contributed by atoms with E-state index in [9.17, 15) is 41.8 Å². The smallest absolute Gasteiger partial charge is 0.431 e. The lowest BCUT2D eigenvalue weighted by molar-refractivity contribution is -0.306. The van der Waals surface area contributed by atoms with E-state index in [2.05, 4.69) is 0 Å². The number of hydrogen-bond acceptors (Lipinski definition) is 6. The van der Waals surface area contributed by atoms with Crippen LogP contribution in [0.1, 0.15) is 19.0 Å². The van der Waals surface area contributed by atoms with Gasteiger partial charge in [0.15, 0.2) is 5.75 Å². The molecule has 2 rings (SSSR count). The van der Waals surface area contributed by atoms with Gasteiger partial charge in [0.05, 0.1) is 16.6 Å². The fraction of sp³-hybridized carbons (Fsp3) is 0.294. The van der Waals surface area contributed by atoms with E-state index >= 15 is 0 Å². The summed E-state index contributed by atoms with van der Waals surface area (Å²) in [6.07, 6.45) is -5.70. The molecule has 0 radical (unpaired) electrons. The lowest BCUT2D eigenvalue weighted by Crippen LogP contribution is -2.41. The molecule has 0 saturated heterocycles. The number of carboxylic acid groups (broad SMARTS) is 1. The number of carboxylic acids is 1. The van der Waals surface area contributed by atoms with Crippen molar-refractivity contribution < 1.29 is 37.0 Å². The summed E-state index contributed by atoms with van der Waals surface area (Å²) >= 11 is 5.77. The number of carbonyl (C=O) groups is 2. The summed E-state index contributed by atoms with van der Waals surface area (Å²) in [5.41, 5.74) is -5.38. The van der Waals surface area contributed by atoms with Crippen LogP contribution in [-0.4, -0.2) is 21.1 Å². The molecule has 0 saturated carbocycles. The molecular formula is C17H12ClF4N2O6-. The van der Waals surface area contributed by atoms with Gasteiger partial charge >= 0.3 is 17.8 Å². The molecule has 1 heterocycles. The van der Waals surface area contributed by atoms with Crippen LogP contribution in [-0.2, 0) is 22.8 Å². The standard InChI is InChI=1S/C17H13ClF4N2O6/c1-7(3-14(26)27)15(28)30-11-5-10(9(19)4-8(11)18)24-13(25)6-12(17(20,21)22)23(2)16(24)29/h4-7H,3H2,1-2H3,(H,26,27)/p-1. The molecule has 0 N–H and O–H groups in total. The molecule has 1 atom stereocenters. The zero-order valence-electron chi connectivity index (χ0n) is 15.3. The number of esters is 1. The normalized spacial score (nSPS) is 12.5. The number of hydrogen-bond donors (Lipinski definition) is 0. The van der Waals surface area contributed by atoms with Gasteiger partial charge in [-0.05, 0) is 12.5 Å². The Kier molecular flexibility index (Phi) is 6.40. The zero-order chi connectivity index (χ0) is 23.0. The molecule has 0 fully saturated rings. The van der Waals surface area contributed by atoms with E-state index in [-0.39, 0.29) is 15.2 Å². The maximum atomic E-state index is 14.4. The maximum absolute atomic E-state index is 14.4. The van der Waals surface area contributed by atoms with E-state index in [0.717, 1.165) is 7.05 Å². The van der Waals surface area contributed by atoms with E-state index in [4.69, 9.17) is 16.3 Å². The van der Waals surface area contributed by atoms with Crippen LogP contribution < -0.4 is 21.1 Å². The summed E-state index contributed by atoms with van der Waals surface area (Å²) in [4.78, 5) is 47.0. The van der Waals surface area contributed by atoms with Gasteiger partial charge in [-0.25, -0.2) is 13.8 Å². The van der Waals surface area contributed by atoms with Gasteiger partial charge in [-0.15, -0.1) is 0 Å². The van der Waals surface area contributed by atoms with Crippen LogP contribution in [0.15, 0.2) is 27.8 Å². The Hall–Kier alpha value is -3.15. The molecule has 0 aliphatic heterocycles. The number of aliphatic carboxylic acids is 1. The summed E-state index contributed by atoms with van der Waals surface area (Å²) in [6, 6.07) is 1.34. The van der Waals surface area contributed by atoms with Crippen molar-refractivity contribution in [3.8, 4) is 11.4 Å². The Morgan fingerprint density at radius 3 is 2.37 bits per heavy atom. The van der Waals surface area contributed by atoms with Crippen molar-refractivity contribution in [3.05, 3.63) is 55.6 Å². The van der Waals surface area contributed by atoms with Crippen LogP contribution in [0.4, 0.5) is 17.6 Å². The molecule has 1 aromatic heterocycles. The van der Waals surface area contributed by atoms with Crippen molar-refractivity contribution in [2.24, 2.45) is 13.0 Å². The minimum absolute atomic E-state index is 0.100. The third-order valence-corrected chi connectivity index (χ3v) is 4.23. The van der Waals surface area contributed by atoms with Crippen LogP contribution in [0.3, 0.4) is 0 Å². The fourth-order valence-electron chi connectivity index (χ4n) is 2.43. The highest BCUT2D eigenvalue weighted by Gasteiger charge is 2.35. The first-order valence-electron chi connectivity index (χ1n) is 8.05. The average Bonchev–Trinajstić information content (AvgIpc) is 2.60. The largest absolute Gasteiger partial charge is 0.550 e. The Labute approximate surface area is 169 Å². The topological polar surface area (TPSA) is 110 Å². The molecular weight excluding hydrogens is 440 g/mol. The quantitative estimate of drug-likeness (QED) is 0.381. The van der Waals surface area contributed by atoms with Gasteiger partial charge in [-0.1, -0.05) is 18.5 Å². The summed E-state index contributed by atoms with van der Waals surface area (Å²) in [5.74, 6) is -5.61. The van der Waals surface area contributed by atoms with Crippen molar-refractivity contribution in [3.63, 3.8) is 0 Å². The predicted octanol–water partition coefficient (Wildman–Crippen LogP) is 1.03. The number of aromatic nitrogens is 2. The van der Waals surface area contributed by atoms with Gasteiger partial charge in [0, 0.05) is 25.1 Å². The summed E-state index contributed by atoms with van der Waals surface area (Å²) < 4.78 is 58.3. The second-order valence-electron chi connectivity index (χ2n) is 6.17. The summed E-state index contributed by atoms with van der Waals surface area (Å²) in [6.45, 7) is 1.20. The van der Waals surface area contributed by atoms with E-state index < -0.39 is 69.7 Å².